The van der Waals surface area contributed by atoms with E-state index in [9.17, 15) is 43.2 Å². The normalized spacial score (nSPS) is 14.4. The lowest BCUT2D eigenvalue weighted by Crippen LogP contribution is -2.30. The van der Waals surface area contributed by atoms with Crippen LogP contribution in [0, 0.1) is 23.7 Å². The average molecular weight is 1270 g/mol. The summed E-state index contributed by atoms with van der Waals surface area (Å²) in [7, 11) is -9.89. The third kappa shape index (κ3) is 60.9. The summed E-state index contributed by atoms with van der Waals surface area (Å²) < 4.78 is 68.1. The molecule has 0 bridgehead atoms. The summed E-state index contributed by atoms with van der Waals surface area (Å²) in [6.07, 6.45) is 37.8. The fourth-order valence-electron chi connectivity index (χ4n) is 9.96. The van der Waals surface area contributed by atoms with Gasteiger partial charge < -0.3 is 33.8 Å². The summed E-state index contributed by atoms with van der Waals surface area (Å²) >= 11 is 0. The highest BCUT2D eigenvalue weighted by Crippen LogP contribution is 2.45. The molecule has 0 aromatic carbocycles. The largest absolute Gasteiger partial charge is 0.472 e. The highest BCUT2D eigenvalue weighted by molar-refractivity contribution is 7.47. The second-order valence-electron chi connectivity index (χ2n) is 26.1. The number of phosphoric acid groups is 2. The predicted octanol–water partition coefficient (Wildman–Crippen LogP) is 18.5. The first-order chi connectivity index (χ1) is 41.1. The summed E-state index contributed by atoms with van der Waals surface area (Å²) in [5.74, 6) is 0.760. The molecule has 0 aliphatic carbocycles. The van der Waals surface area contributed by atoms with Crippen LogP contribution in [0.15, 0.2) is 0 Å². The van der Waals surface area contributed by atoms with Gasteiger partial charge in [-0.3, -0.25) is 37.3 Å². The van der Waals surface area contributed by atoms with Crippen LogP contribution in [0.3, 0.4) is 0 Å². The summed E-state index contributed by atoms with van der Waals surface area (Å²) in [6, 6.07) is 0. The SMILES string of the molecule is CC(C)CCCCCCCCCCCCCC(=O)O[C@H](COC(=O)CCCCCCCCCC(C)C)COP(=O)(O)OCC(O)COP(=O)(O)OC[C@@H](COC(=O)CCCCCCCCCCCCC(C)C)OC(=O)CCCCCCCCC(C)C. The van der Waals surface area contributed by atoms with Crippen LogP contribution in [0.5, 0.6) is 0 Å². The van der Waals surface area contributed by atoms with E-state index in [1.165, 1.54) is 122 Å². The standard InChI is InChI=1S/C67H130O17P2/c1-57(2)43-35-27-19-14-10-9-11-17-23-33-41-49-66(71)83-62(53-78-65(70)48-40-32-24-18-21-29-37-45-59(5)6)55-81-85(73,74)79-51-61(68)52-80-86(75,76)82-56-63(84-67(72)50-42-34-26-25-30-38-46-60(7)8)54-77-64(69)47-39-31-22-16-13-12-15-20-28-36-44-58(3)4/h57-63,68H,9-56H2,1-8H3,(H,73,74)(H,75,76)/t61?,62-,63-/m1/s1. The van der Waals surface area contributed by atoms with Gasteiger partial charge in [0.05, 0.1) is 26.4 Å². The van der Waals surface area contributed by atoms with Gasteiger partial charge in [-0.25, -0.2) is 9.13 Å². The molecule has 0 heterocycles. The van der Waals surface area contributed by atoms with E-state index in [4.69, 9.17) is 37.0 Å². The van der Waals surface area contributed by atoms with Crippen molar-refractivity contribution >= 4 is 39.5 Å². The number of carbonyl (C=O) groups excluding carboxylic acids is 4. The van der Waals surface area contributed by atoms with Crippen molar-refractivity contribution in [1.29, 1.82) is 0 Å². The van der Waals surface area contributed by atoms with E-state index in [1.807, 2.05) is 0 Å². The second-order valence-corrected chi connectivity index (χ2v) is 29.0. The van der Waals surface area contributed by atoms with Gasteiger partial charge >= 0.3 is 39.5 Å². The number of hydrogen-bond acceptors (Lipinski definition) is 15. The zero-order valence-corrected chi connectivity index (χ0v) is 57.7. The number of esters is 4. The van der Waals surface area contributed by atoms with Gasteiger partial charge in [0.15, 0.2) is 12.2 Å². The van der Waals surface area contributed by atoms with Crippen molar-refractivity contribution in [2.45, 2.75) is 343 Å². The van der Waals surface area contributed by atoms with Crippen molar-refractivity contribution in [3.63, 3.8) is 0 Å². The number of hydrogen-bond donors (Lipinski definition) is 3. The first-order valence-corrected chi connectivity index (χ1v) is 37.7. The Balaban J connectivity index is 5.23. The average Bonchev–Trinajstić information content (AvgIpc) is 3.66. The van der Waals surface area contributed by atoms with Crippen molar-refractivity contribution in [3.05, 3.63) is 0 Å². The second kappa shape index (κ2) is 57.0. The maximum absolute atomic E-state index is 13.0. The van der Waals surface area contributed by atoms with Gasteiger partial charge in [-0.2, -0.15) is 0 Å². The molecular weight excluding hydrogens is 1140 g/mol. The number of rotatable bonds is 64. The van der Waals surface area contributed by atoms with Gasteiger partial charge in [-0.05, 0) is 49.4 Å². The van der Waals surface area contributed by atoms with E-state index < -0.39 is 97.5 Å². The molecule has 0 aliphatic heterocycles. The van der Waals surface area contributed by atoms with Crippen molar-refractivity contribution in [2.75, 3.05) is 39.6 Å². The van der Waals surface area contributed by atoms with Gasteiger partial charge in [0.1, 0.15) is 19.3 Å². The van der Waals surface area contributed by atoms with E-state index in [1.54, 1.807) is 0 Å². The highest BCUT2D eigenvalue weighted by atomic mass is 31.2. The topological polar surface area (TPSA) is 237 Å². The summed E-state index contributed by atoms with van der Waals surface area (Å²) in [6.45, 7) is 14.0. The molecular formula is C67H130O17P2. The van der Waals surface area contributed by atoms with Crippen molar-refractivity contribution in [1.82, 2.24) is 0 Å². The van der Waals surface area contributed by atoms with Crippen LogP contribution in [0.2, 0.25) is 0 Å². The van der Waals surface area contributed by atoms with Crippen LogP contribution in [0.25, 0.3) is 0 Å². The Morgan fingerprint density at radius 2 is 0.488 bits per heavy atom. The molecule has 0 fully saturated rings. The van der Waals surface area contributed by atoms with E-state index in [0.29, 0.717) is 37.5 Å². The van der Waals surface area contributed by atoms with E-state index in [0.717, 1.165) is 108 Å². The van der Waals surface area contributed by atoms with Crippen LogP contribution >= 0.6 is 15.6 Å². The molecule has 86 heavy (non-hydrogen) atoms. The first-order valence-electron chi connectivity index (χ1n) is 34.7. The molecule has 510 valence electrons. The molecule has 0 amide bonds. The third-order valence-corrected chi connectivity index (χ3v) is 17.2. The van der Waals surface area contributed by atoms with E-state index in [-0.39, 0.29) is 25.7 Å². The number of aliphatic hydroxyl groups excluding tert-OH is 1. The highest BCUT2D eigenvalue weighted by Gasteiger charge is 2.30. The minimum atomic E-state index is -4.95. The fourth-order valence-corrected chi connectivity index (χ4v) is 11.5. The Hall–Kier alpha value is -1.94. The van der Waals surface area contributed by atoms with Crippen LogP contribution in [-0.2, 0) is 65.4 Å². The van der Waals surface area contributed by atoms with Crippen LogP contribution in [-0.4, -0.2) is 96.7 Å². The lowest BCUT2D eigenvalue weighted by molar-refractivity contribution is -0.161. The molecule has 3 N–H and O–H groups in total. The lowest BCUT2D eigenvalue weighted by atomic mass is 10.0. The zero-order chi connectivity index (χ0) is 63.9. The molecule has 0 rings (SSSR count). The molecule has 0 radical (unpaired) electrons. The summed E-state index contributed by atoms with van der Waals surface area (Å²) in [5.41, 5.74) is 0. The van der Waals surface area contributed by atoms with Crippen LogP contribution in [0.1, 0.15) is 325 Å². The molecule has 0 spiro atoms. The fraction of sp³-hybridized carbons (Fsp3) is 0.940. The van der Waals surface area contributed by atoms with Crippen LogP contribution in [0.4, 0.5) is 0 Å². The minimum Gasteiger partial charge on any atom is -0.462 e. The van der Waals surface area contributed by atoms with Gasteiger partial charge in [0.25, 0.3) is 0 Å². The lowest BCUT2D eigenvalue weighted by Gasteiger charge is -2.21. The summed E-state index contributed by atoms with van der Waals surface area (Å²) in [5, 5.41) is 10.6. The maximum Gasteiger partial charge on any atom is 0.472 e. The molecule has 0 aromatic heterocycles. The molecule has 0 saturated heterocycles. The molecule has 0 saturated carbocycles. The Labute approximate surface area is 524 Å². The molecule has 17 nitrogen and oxygen atoms in total. The quantitative estimate of drug-likeness (QED) is 0.0222. The molecule has 3 unspecified atom stereocenters. The molecule has 0 aliphatic rings. The van der Waals surface area contributed by atoms with Gasteiger partial charge in [-0.15, -0.1) is 0 Å². The minimum absolute atomic E-state index is 0.101. The van der Waals surface area contributed by atoms with Crippen LogP contribution < -0.4 is 0 Å². The van der Waals surface area contributed by atoms with Gasteiger partial charge in [0, 0.05) is 25.7 Å². The molecule has 5 atom stereocenters. The molecule has 0 aromatic rings. The number of ether oxygens (including phenoxy) is 4. The Morgan fingerprint density at radius 3 is 0.721 bits per heavy atom. The monoisotopic (exact) mass is 1270 g/mol. The van der Waals surface area contributed by atoms with Crippen molar-refractivity contribution < 1.29 is 80.2 Å². The summed E-state index contributed by atoms with van der Waals surface area (Å²) in [4.78, 5) is 72.3. The number of phosphoric ester groups is 2. The maximum atomic E-state index is 13.0. The first kappa shape index (κ1) is 84.1. The zero-order valence-electron chi connectivity index (χ0n) is 55.9. The molecule has 19 heteroatoms. The Kier molecular flexibility index (Phi) is 55.7. The third-order valence-electron chi connectivity index (χ3n) is 15.3. The number of aliphatic hydroxyl groups is 1. The Bertz CT molecular complexity index is 1710. The van der Waals surface area contributed by atoms with Crippen molar-refractivity contribution in [2.24, 2.45) is 23.7 Å². The van der Waals surface area contributed by atoms with E-state index in [2.05, 4.69) is 55.4 Å². The predicted molar refractivity (Wildman–Crippen MR) is 344 cm³/mol. The number of carbonyl (C=O) groups is 4. The van der Waals surface area contributed by atoms with Gasteiger partial charge in [0.2, 0.25) is 0 Å². The Morgan fingerprint density at radius 1 is 0.291 bits per heavy atom. The van der Waals surface area contributed by atoms with Crippen molar-refractivity contribution in [3.8, 4) is 0 Å². The smallest absolute Gasteiger partial charge is 0.462 e. The number of unbranched alkanes of at least 4 members (excludes halogenated alkanes) is 30. The van der Waals surface area contributed by atoms with E-state index >= 15 is 0 Å². The van der Waals surface area contributed by atoms with Gasteiger partial charge in [-0.1, -0.05) is 274 Å².